The molecule has 3 heterocycles. The lowest BCUT2D eigenvalue weighted by Gasteiger charge is -2.20. The average molecular weight is 460 g/mol. The number of aromatic nitrogens is 2. The van der Waals surface area contributed by atoms with Gasteiger partial charge in [-0.25, -0.2) is 14.6 Å². The molecular formula is C20H18ClN5O4S. The molecule has 3 N–H and O–H groups in total. The number of amides is 1. The molecule has 0 saturated heterocycles. The van der Waals surface area contributed by atoms with Crippen molar-refractivity contribution in [3.63, 3.8) is 0 Å². The minimum atomic E-state index is -1.04. The molecule has 0 unspecified atom stereocenters. The number of hydrogen-bond acceptors (Lipinski definition) is 8. The maximum Gasteiger partial charge on any atom is 0.414 e. The number of anilines is 5. The lowest BCUT2D eigenvalue weighted by atomic mass is 10.1. The van der Waals surface area contributed by atoms with Gasteiger partial charge >= 0.3 is 12.1 Å². The topological polar surface area (TPSA) is 117 Å². The van der Waals surface area contributed by atoms with Crippen LogP contribution in [0.2, 0.25) is 5.02 Å². The fourth-order valence-electron chi connectivity index (χ4n) is 3.17. The van der Waals surface area contributed by atoms with E-state index in [1.807, 2.05) is 25.1 Å². The summed E-state index contributed by atoms with van der Waals surface area (Å²) in [5.41, 5.74) is 2.86. The first-order chi connectivity index (χ1) is 15.0. The van der Waals surface area contributed by atoms with Crippen LogP contribution in [0, 0.1) is 0 Å². The van der Waals surface area contributed by atoms with Gasteiger partial charge in [0.05, 0.1) is 24.2 Å². The number of rotatable bonds is 6. The monoisotopic (exact) mass is 459 g/mol. The van der Waals surface area contributed by atoms with Gasteiger partial charge in [-0.1, -0.05) is 17.7 Å². The third kappa shape index (κ3) is 4.39. The van der Waals surface area contributed by atoms with Crippen molar-refractivity contribution >= 4 is 63.8 Å². The van der Waals surface area contributed by atoms with E-state index in [2.05, 4.69) is 20.6 Å². The van der Waals surface area contributed by atoms with Crippen molar-refractivity contribution in [2.75, 3.05) is 28.7 Å². The molecule has 1 aliphatic heterocycles. The Hall–Kier alpha value is -3.37. The van der Waals surface area contributed by atoms with Gasteiger partial charge in [-0.3, -0.25) is 4.90 Å². The molecule has 31 heavy (non-hydrogen) atoms. The van der Waals surface area contributed by atoms with Crippen LogP contribution in [-0.2, 0) is 11.2 Å². The highest BCUT2D eigenvalue weighted by atomic mass is 35.5. The number of fused-ring (bicyclic) bond motifs is 1. The number of benzene rings is 1. The molecular weight excluding hydrogens is 442 g/mol. The Morgan fingerprint density at radius 3 is 2.97 bits per heavy atom. The second-order valence-electron chi connectivity index (χ2n) is 6.56. The van der Waals surface area contributed by atoms with Gasteiger partial charge in [0.15, 0.2) is 5.82 Å². The van der Waals surface area contributed by atoms with Crippen LogP contribution in [-0.4, -0.2) is 40.3 Å². The Bertz CT molecular complexity index is 1150. The van der Waals surface area contributed by atoms with E-state index in [1.54, 1.807) is 16.3 Å². The van der Waals surface area contributed by atoms with E-state index in [-0.39, 0.29) is 27.8 Å². The summed E-state index contributed by atoms with van der Waals surface area (Å²) in [6.45, 7) is 2.70. The number of carbonyl (C=O) groups excluding carboxylic acids is 1. The maximum absolute atomic E-state index is 12.2. The molecule has 0 spiro atoms. The summed E-state index contributed by atoms with van der Waals surface area (Å²) in [5, 5.41) is 17.2. The zero-order valence-corrected chi connectivity index (χ0v) is 18.0. The summed E-state index contributed by atoms with van der Waals surface area (Å²) >= 11 is 7.30. The molecule has 160 valence electrons. The summed E-state index contributed by atoms with van der Waals surface area (Å²) in [6.07, 6.45) is 1.68. The zero-order chi connectivity index (χ0) is 22.0. The normalized spacial score (nSPS) is 13.2. The Morgan fingerprint density at radius 1 is 1.35 bits per heavy atom. The lowest BCUT2D eigenvalue weighted by Crippen LogP contribution is -2.30. The minimum Gasteiger partial charge on any atom is -0.477 e. The van der Waals surface area contributed by atoms with E-state index in [9.17, 15) is 14.7 Å². The van der Waals surface area contributed by atoms with Crippen molar-refractivity contribution in [3.05, 3.63) is 51.3 Å². The van der Waals surface area contributed by atoms with E-state index >= 15 is 0 Å². The highest BCUT2D eigenvalue weighted by Gasteiger charge is 2.22. The molecule has 3 aromatic rings. The number of ether oxygens (including phenoxy) is 1. The molecule has 1 aliphatic rings. The number of carboxylic acids is 1. The molecule has 0 bridgehead atoms. The van der Waals surface area contributed by atoms with Crippen molar-refractivity contribution in [2.45, 2.75) is 13.3 Å². The molecule has 2 aromatic heterocycles. The third-order valence-corrected chi connectivity index (χ3v) is 5.80. The van der Waals surface area contributed by atoms with E-state index in [0.29, 0.717) is 30.9 Å². The standard InChI is InChI=1S/C20H18ClN5O4S/c1-2-26-15-9-12(4-3-11(15)5-7-30-20(26)29)23-19-22-10-13(21)17(25-19)24-14-6-8-31-16(14)18(27)28/h3-4,6,8-10H,2,5,7H2,1H3,(H,27,28)(H2,22,23,24,25). The van der Waals surface area contributed by atoms with Crippen molar-refractivity contribution in [1.82, 2.24) is 9.97 Å². The molecule has 0 radical (unpaired) electrons. The largest absolute Gasteiger partial charge is 0.477 e. The van der Waals surface area contributed by atoms with Gasteiger partial charge in [0.2, 0.25) is 5.95 Å². The summed E-state index contributed by atoms with van der Waals surface area (Å²) in [7, 11) is 0. The van der Waals surface area contributed by atoms with Crippen molar-refractivity contribution < 1.29 is 19.4 Å². The first-order valence-corrected chi connectivity index (χ1v) is 10.7. The first-order valence-electron chi connectivity index (χ1n) is 9.41. The summed E-state index contributed by atoms with van der Waals surface area (Å²) in [6, 6.07) is 7.29. The highest BCUT2D eigenvalue weighted by Crippen LogP contribution is 2.31. The Labute approximate surface area is 186 Å². The number of carboxylic acid groups (broad SMARTS) is 1. The summed E-state index contributed by atoms with van der Waals surface area (Å²) in [4.78, 5) is 33.8. The number of aromatic carboxylic acids is 1. The quantitative estimate of drug-likeness (QED) is 0.476. The second-order valence-corrected chi connectivity index (χ2v) is 7.88. The van der Waals surface area contributed by atoms with Crippen LogP contribution in [0.1, 0.15) is 22.2 Å². The van der Waals surface area contributed by atoms with Crippen LogP contribution in [0.4, 0.5) is 33.6 Å². The van der Waals surface area contributed by atoms with E-state index in [0.717, 1.165) is 22.6 Å². The Morgan fingerprint density at radius 2 is 2.19 bits per heavy atom. The number of halogens is 1. The van der Waals surface area contributed by atoms with Gasteiger partial charge in [0.25, 0.3) is 0 Å². The SMILES string of the molecule is CCN1C(=O)OCCc2ccc(Nc3ncc(Cl)c(Nc4ccsc4C(=O)O)n3)cc21. The van der Waals surface area contributed by atoms with Crippen LogP contribution in [0.25, 0.3) is 0 Å². The average Bonchev–Trinajstić information content (AvgIpc) is 3.14. The number of nitrogens with zero attached hydrogens (tertiary/aromatic N) is 3. The van der Waals surface area contributed by atoms with E-state index in [1.165, 1.54) is 6.20 Å². The third-order valence-electron chi connectivity index (χ3n) is 4.62. The summed E-state index contributed by atoms with van der Waals surface area (Å²) in [5.74, 6) is -0.503. The molecule has 1 amide bonds. The van der Waals surface area contributed by atoms with Crippen molar-refractivity contribution in [1.29, 1.82) is 0 Å². The van der Waals surface area contributed by atoms with Crippen LogP contribution >= 0.6 is 22.9 Å². The Balaban J connectivity index is 1.60. The van der Waals surface area contributed by atoms with E-state index < -0.39 is 5.97 Å². The molecule has 1 aromatic carbocycles. The molecule has 0 atom stereocenters. The van der Waals surface area contributed by atoms with Crippen molar-refractivity contribution in [3.8, 4) is 0 Å². The minimum absolute atomic E-state index is 0.154. The van der Waals surface area contributed by atoms with Gasteiger partial charge in [-0.15, -0.1) is 11.3 Å². The van der Waals surface area contributed by atoms with Crippen LogP contribution in [0.5, 0.6) is 0 Å². The predicted octanol–water partition coefficient (Wildman–Crippen LogP) is 4.90. The van der Waals surface area contributed by atoms with Gasteiger partial charge in [-0.05, 0) is 36.1 Å². The second kappa shape index (κ2) is 8.78. The zero-order valence-electron chi connectivity index (χ0n) is 16.4. The molecule has 0 aliphatic carbocycles. The Kier molecular flexibility index (Phi) is 5.92. The van der Waals surface area contributed by atoms with Gasteiger partial charge in [0, 0.05) is 18.7 Å². The lowest BCUT2D eigenvalue weighted by molar-refractivity contribution is 0.0703. The molecule has 0 saturated carbocycles. The fraction of sp³-hybridized carbons (Fsp3) is 0.200. The summed E-state index contributed by atoms with van der Waals surface area (Å²) < 4.78 is 5.23. The van der Waals surface area contributed by atoms with Crippen molar-refractivity contribution in [2.24, 2.45) is 0 Å². The maximum atomic E-state index is 12.2. The number of nitrogens with one attached hydrogen (secondary N) is 2. The van der Waals surface area contributed by atoms with E-state index in [4.69, 9.17) is 16.3 Å². The number of thiophene rings is 1. The highest BCUT2D eigenvalue weighted by molar-refractivity contribution is 7.12. The molecule has 11 heteroatoms. The van der Waals surface area contributed by atoms with Gasteiger partial charge in [-0.2, -0.15) is 4.98 Å². The van der Waals surface area contributed by atoms with Gasteiger partial charge in [0.1, 0.15) is 9.90 Å². The van der Waals surface area contributed by atoms with Crippen LogP contribution in [0.15, 0.2) is 35.8 Å². The first kappa shape index (κ1) is 20.9. The number of cyclic esters (lactones) is 1. The fourth-order valence-corrected chi connectivity index (χ4v) is 4.00. The number of hydrogen-bond donors (Lipinski definition) is 3. The van der Waals surface area contributed by atoms with Crippen LogP contribution < -0.4 is 15.5 Å². The predicted molar refractivity (Wildman–Crippen MR) is 119 cm³/mol. The smallest absolute Gasteiger partial charge is 0.414 e. The van der Waals surface area contributed by atoms with Gasteiger partial charge < -0.3 is 20.5 Å². The number of carbonyl (C=O) groups is 2. The molecule has 9 nitrogen and oxygen atoms in total. The molecule has 0 fully saturated rings. The molecule has 4 rings (SSSR count). The van der Waals surface area contributed by atoms with Crippen LogP contribution in [0.3, 0.4) is 0 Å².